The van der Waals surface area contributed by atoms with Crippen LogP contribution in [0.15, 0.2) is 41.3 Å². The molecule has 0 aromatic heterocycles. The number of amides is 1. The van der Waals surface area contributed by atoms with Gasteiger partial charge in [-0.25, -0.2) is 8.42 Å². The lowest BCUT2D eigenvalue weighted by Gasteiger charge is -2.38. The van der Waals surface area contributed by atoms with Crippen molar-refractivity contribution in [2.75, 3.05) is 53.2 Å². The molecular formula is C25H30ClN3O6S. The molecular weight excluding hydrogens is 506 g/mol. The zero-order chi connectivity index (χ0) is 25.3. The van der Waals surface area contributed by atoms with Crippen molar-refractivity contribution in [2.24, 2.45) is 5.92 Å². The maximum Gasteiger partial charge on any atom is 0.246 e. The van der Waals surface area contributed by atoms with E-state index in [4.69, 9.17) is 25.8 Å². The first kappa shape index (κ1) is 25.1. The predicted octanol–water partition coefficient (Wildman–Crippen LogP) is 2.82. The van der Waals surface area contributed by atoms with Crippen LogP contribution in [-0.4, -0.2) is 81.6 Å². The summed E-state index contributed by atoms with van der Waals surface area (Å²) in [6.07, 6.45) is 0.997. The molecule has 194 valence electrons. The molecule has 1 amide bonds. The number of methoxy groups -OCH3 is 1. The van der Waals surface area contributed by atoms with Gasteiger partial charge in [-0.1, -0.05) is 17.7 Å². The van der Waals surface area contributed by atoms with Crippen molar-refractivity contribution in [2.45, 2.75) is 24.3 Å². The number of carbonyl (C=O) groups is 1. The summed E-state index contributed by atoms with van der Waals surface area (Å²) in [5, 5.41) is 0.331. The SMILES string of the molecule is COc1ccc(Cl)cc1S(=O)(=O)N1CCC(C(=O)N2CCN(Cc3ccc4c(c3)OCO4)CC2)CC1. The molecule has 3 heterocycles. The van der Waals surface area contributed by atoms with Crippen molar-refractivity contribution in [3.8, 4) is 17.2 Å². The number of nitrogens with zero attached hydrogens (tertiary/aromatic N) is 3. The van der Waals surface area contributed by atoms with Gasteiger partial charge < -0.3 is 19.1 Å². The van der Waals surface area contributed by atoms with Crippen LogP contribution in [0.1, 0.15) is 18.4 Å². The maximum absolute atomic E-state index is 13.2. The molecule has 0 saturated carbocycles. The second-order valence-electron chi connectivity index (χ2n) is 9.26. The quantitative estimate of drug-likeness (QED) is 0.562. The highest BCUT2D eigenvalue weighted by atomic mass is 35.5. The third-order valence-corrected chi connectivity index (χ3v) is 9.23. The molecule has 2 fully saturated rings. The molecule has 3 aliphatic heterocycles. The molecule has 0 spiro atoms. The van der Waals surface area contributed by atoms with Crippen LogP contribution in [0.3, 0.4) is 0 Å². The topological polar surface area (TPSA) is 88.6 Å². The predicted molar refractivity (Wildman–Crippen MR) is 134 cm³/mol. The number of hydrogen-bond donors (Lipinski definition) is 0. The van der Waals surface area contributed by atoms with Crippen LogP contribution in [0, 0.1) is 5.92 Å². The third-order valence-electron chi connectivity index (χ3n) is 7.07. The molecule has 5 rings (SSSR count). The summed E-state index contributed by atoms with van der Waals surface area (Å²) in [6.45, 7) is 4.56. The summed E-state index contributed by atoms with van der Waals surface area (Å²) < 4.78 is 43.9. The van der Waals surface area contributed by atoms with Crippen molar-refractivity contribution in [1.29, 1.82) is 0 Å². The number of piperidine rings is 1. The summed E-state index contributed by atoms with van der Waals surface area (Å²) in [5.41, 5.74) is 1.16. The van der Waals surface area contributed by atoms with Crippen LogP contribution in [0.4, 0.5) is 0 Å². The Kier molecular flexibility index (Phi) is 7.30. The minimum Gasteiger partial charge on any atom is -0.495 e. The lowest BCUT2D eigenvalue weighted by Crippen LogP contribution is -2.51. The Hall–Kier alpha value is -2.53. The van der Waals surface area contributed by atoms with Crippen molar-refractivity contribution >= 4 is 27.5 Å². The van der Waals surface area contributed by atoms with E-state index in [1.54, 1.807) is 12.1 Å². The van der Waals surface area contributed by atoms with Gasteiger partial charge in [0.25, 0.3) is 0 Å². The van der Waals surface area contributed by atoms with Gasteiger partial charge in [-0.15, -0.1) is 0 Å². The number of rotatable bonds is 6. The Balaban J connectivity index is 1.13. The Morgan fingerprint density at radius 3 is 2.44 bits per heavy atom. The molecule has 0 unspecified atom stereocenters. The highest BCUT2D eigenvalue weighted by molar-refractivity contribution is 7.89. The van der Waals surface area contributed by atoms with Gasteiger partial charge in [0, 0.05) is 56.8 Å². The molecule has 36 heavy (non-hydrogen) atoms. The minimum absolute atomic E-state index is 0.0564. The summed E-state index contributed by atoms with van der Waals surface area (Å²) in [6, 6.07) is 10.6. The first-order valence-corrected chi connectivity index (χ1v) is 13.9. The highest BCUT2D eigenvalue weighted by Gasteiger charge is 2.36. The number of halogens is 1. The number of sulfonamides is 1. The van der Waals surface area contributed by atoms with E-state index in [1.807, 2.05) is 23.1 Å². The minimum atomic E-state index is -3.77. The second-order valence-corrected chi connectivity index (χ2v) is 11.6. The first-order valence-electron chi connectivity index (χ1n) is 12.1. The van der Waals surface area contributed by atoms with E-state index in [9.17, 15) is 13.2 Å². The largest absolute Gasteiger partial charge is 0.495 e. The standard InChI is InChI=1S/C25H30ClN3O6S/c1-33-22-5-3-20(26)15-24(22)36(31,32)29-8-6-19(7-9-29)25(30)28-12-10-27(11-13-28)16-18-2-4-21-23(14-18)35-17-34-21/h2-5,14-15,19H,6-13,16-17H2,1H3. The normalized spacial score (nSPS) is 19.4. The van der Waals surface area contributed by atoms with E-state index >= 15 is 0 Å². The molecule has 3 aliphatic rings. The van der Waals surface area contributed by atoms with Gasteiger partial charge in [-0.3, -0.25) is 9.69 Å². The van der Waals surface area contributed by atoms with Crippen LogP contribution < -0.4 is 14.2 Å². The number of piperazine rings is 1. The van der Waals surface area contributed by atoms with E-state index in [0.717, 1.165) is 36.7 Å². The fourth-order valence-electron chi connectivity index (χ4n) is 5.02. The number of carbonyl (C=O) groups excluding carboxylic acids is 1. The van der Waals surface area contributed by atoms with Crippen LogP contribution in [-0.2, 0) is 21.4 Å². The van der Waals surface area contributed by atoms with Crippen molar-refractivity contribution < 1.29 is 27.4 Å². The molecule has 11 heteroatoms. The Morgan fingerprint density at radius 1 is 1.00 bits per heavy atom. The molecule has 2 saturated heterocycles. The van der Waals surface area contributed by atoms with Crippen molar-refractivity contribution in [3.05, 3.63) is 47.0 Å². The summed E-state index contributed by atoms with van der Waals surface area (Å²) >= 11 is 6.04. The Bertz CT molecular complexity index is 1220. The van der Waals surface area contributed by atoms with E-state index in [1.165, 1.54) is 17.5 Å². The maximum atomic E-state index is 13.2. The number of fused-ring (bicyclic) bond motifs is 1. The van der Waals surface area contributed by atoms with Gasteiger partial charge in [0.05, 0.1) is 7.11 Å². The van der Waals surface area contributed by atoms with Gasteiger partial charge in [0.2, 0.25) is 22.7 Å². The van der Waals surface area contributed by atoms with Crippen LogP contribution in [0.5, 0.6) is 17.2 Å². The molecule has 0 radical (unpaired) electrons. The fraction of sp³-hybridized carbons (Fsp3) is 0.480. The van der Waals surface area contributed by atoms with Gasteiger partial charge in [-0.05, 0) is 48.7 Å². The van der Waals surface area contributed by atoms with E-state index in [-0.39, 0.29) is 29.3 Å². The van der Waals surface area contributed by atoms with Gasteiger partial charge in [0.1, 0.15) is 10.6 Å². The average Bonchev–Trinajstić information content (AvgIpc) is 3.37. The molecule has 2 aromatic carbocycles. The van der Waals surface area contributed by atoms with Crippen LogP contribution in [0.2, 0.25) is 5.02 Å². The van der Waals surface area contributed by atoms with Crippen molar-refractivity contribution in [1.82, 2.24) is 14.1 Å². The lowest BCUT2D eigenvalue weighted by atomic mass is 9.96. The van der Waals surface area contributed by atoms with E-state index in [2.05, 4.69) is 4.90 Å². The van der Waals surface area contributed by atoms with Crippen molar-refractivity contribution in [3.63, 3.8) is 0 Å². The number of hydrogen-bond acceptors (Lipinski definition) is 7. The molecule has 0 bridgehead atoms. The Labute approximate surface area is 216 Å². The molecule has 0 aliphatic carbocycles. The highest BCUT2D eigenvalue weighted by Crippen LogP contribution is 2.34. The summed E-state index contributed by atoms with van der Waals surface area (Å²) in [5.74, 6) is 1.77. The first-order chi connectivity index (χ1) is 17.3. The van der Waals surface area contributed by atoms with E-state index in [0.29, 0.717) is 44.0 Å². The summed E-state index contributed by atoms with van der Waals surface area (Å²) in [4.78, 5) is 17.5. The van der Waals surface area contributed by atoms with E-state index < -0.39 is 10.0 Å². The van der Waals surface area contributed by atoms with Gasteiger partial charge in [0.15, 0.2) is 11.5 Å². The zero-order valence-electron chi connectivity index (χ0n) is 20.2. The molecule has 9 nitrogen and oxygen atoms in total. The Morgan fingerprint density at radius 2 is 1.72 bits per heavy atom. The monoisotopic (exact) mass is 535 g/mol. The lowest BCUT2D eigenvalue weighted by molar-refractivity contribution is -0.138. The molecule has 0 N–H and O–H groups in total. The van der Waals surface area contributed by atoms with Gasteiger partial charge in [-0.2, -0.15) is 4.31 Å². The molecule has 2 aromatic rings. The zero-order valence-corrected chi connectivity index (χ0v) is 21.8. The van der Waals surface area contributed by atoms with Crippen LogP contribution in [0.25, 0.3) is 0 Å². The van der Waals surface area contributed by atoms with Crippen LogP contribution >= 0.6 is 11.6 Å². The molecule has 0 atom stereocenters. The summed E-state index contributed by atoms with van der Waals surface area (Å²) in [7, 11) is -2.33. The number of benzene rings is 2. The second kappa shape index (κ2) is 10.5. The van der Waals surface area contributed by atoms with Gasteiger partial charge >= 0.3 is 0 Å². The number of ether oxygens (including phenoxy) is 3. The fourth-order valence-corrected chi connectivity index (χ4v) is 6.90. The third kappa shape index (κ3) is 5.13. The smallest absolute Gasteiger partial charge is 0.246 e. The average molecular weight is 536 g/mol.